The first-order valence-corrected chi connectivity index (χ1v) is 15.5. The lowest BCUT2D eigenvalue weighted by molar-refractivity contribution is 0.0960. The number of aldehydes is 1. The highest BCUT2D eigenvalue weighted by atomic mass is 16.3. The van der Waals surface area contributed by atoms with Crippen LogP contribution in [0.3, 0.4) is 0 Å². The summed E-state index contributed by atoms with van der Waals surface area (Å²) in [6.45, 7) is 9.24. The van der Waals surface area contributed by atoms with Gasteiger partial charge in [0.2, 0.25) is 0 Å². The molecule has 0 bridgehead atoms. The van der Waals surface area contributed by atoms with E-state index in [1.165, 1.54) is 0 Å². The van der Waals surface area contributed by atoms with Crippen LogP contribution in [0.2, 0.25) is 0 Å². The molecule has 0 unspecified atom stereocenters. The zero-order valence-corrected chi connectivity index (χ0v) is 26.6. The number of rotatable bonds is 4. The molecule has 242 valence electrons. The largest absolute Gasteiger partial charge is 0.507 e. The van der Waals surface area contributed by atoms with Gasteiger partial charge in [0.25, 0.3) is 0 Å². The van der Waals surface area contributed by atoms with Crippen molar-refractivity contribution in [3.05, 3.63) is 85.0 Å². The van der Waals surface area contributed by atoms with Crippen LogP contribution < -0.4 is 0 Å². The number of phenolic OH excluding ortho intramolecular Hbond substituents is 2. The van der Waals surface area contributed by atoms with E-state index >= 15 is 0 Å². The lowest BCUT2D eigenvalue weighted by Crippen LogP contribution is -2.15. The third-order valence-electron chi connectivity index (χ3n) is 9.58. The molecule has 0 atom stereocenters. The van der Waals surface area contributed by atoms with Crippen LogP contribution in [0, 0.1) is 27.7 Å². The van der Waals surface area contributed by atoms with Crippen molar-refractivity contribution in [2.24, 2.45) is 0 Å². The molecule has 0 heterocycles. The number of ketones is 2. The first-order chi connectivity index (χ1) is 21.5. The number of hydrogen-bond donors (Lipinski definition) is 4. The fraction of sp³-hybridized carbons (Fsp3) is 0.359. The van der Waals surface area contributed by atoms with E-state index in [-0.39, 0.29) is 43.7 Å². The van der Waals surface area contributed by atoms with Crippen molar-refractivity contribution >= 4 is 45.5 Å². The Hall–Kier alpha value is -4.33. The minimum Gasteiger partial charge on any atom is -0.507 e. The number of aromatic hydroxyl groups is 2. The Morgan fingerprint density at radius 3 is 1.50 bits per heavy atom. The average Bonchev–Trinajstić information content (AvgIpc) is 3.00. The molecule has 0 fully saturated rings. The number of aliphatic hydroxyl groups excluding tert-OH is 2. The highest BCUT2D eigenvalue weighted by Gasteiger charge is 2.29. The van der Waals surface area contributed by atoms with Crippen molar-refractivity contribution in [3.63, 3.8) is 0 Å². The minimum atomic E-state index is -0.189. The predicted octanol–water partition coefficient (Wildman–Crippen LogP) is 7.83. The van der Waals surface area contributed by atoms with Crippen molar-refractivity contribution in [1.82, 2.24) is 0 Å². The molecule has 7 heteroatoms. The van der Waals surface area contributed by atoms with Crippen LogP contribution in [0.1, 0.15) is 121 Å². The van der Waals surface area contributed by atoms with Gasteiger partial charge in [0, 0.05) is 29.2 Å². The van der Waals surface area contributed by atoms with Gasteiger partial charge < -0.3 is 20.4 Å². The summed E-state index contributed by atoms with van der Waals surface area (Å²) in [5, 5.41) is 44.0. The third-order valence-corrected chi connectivity index (χ3v) is 9.58. The topological polar surface area (TPSA) is 132 Å². The summed E-state index contributed by atoms with van der Waals surface area (Å²) in [5.41, 5.74) is 8.90. The lowest BCUT2D eigenvalue weighted by atomic mass is 9.81. The number of benzene rings is 4. The molecule has 4 aromatic carbocycles. The fourth-order valence-electron chi connectivity index (χ4n) is 7.47. The molecule has 46 heavy (non-hydrogen) atoms. The van der Waals surface area contributed by atoms with E-state index < -0.39 is 0 Å². The Morgan fingerprint density at radius 2 is 1.11 bits per heavy atom. The maximum atomic E-state index is 12.4. The van der Waals surface area contributed by atoms with Gasteiger partial charge >= 0.3 is 0 Å². The Kier molecular flexibility index (Phi) is 10.2. The Balaban J connectivity index is 0.000000205. The van der Waals surface area contributed by atoms with E-state index in [0.717, 1.165) is 75.3 Å². The number of allylic oxidation sites excluding steroid dienone is 1. The normalized spacial score (nSPS) is 14.2. The van der Waals surface area contributed by atoms with Gasteiger partial charge in [-0.2, -0.15) is 0 Å². The summed E-state index contributed by atoms with van der Waals surface area (Å²) in [5.74, 6) is -0.0801. The summed E-state index contributed by atoms with van der Waals surface area (Å²) in [7, 11) is 0. The molecule has 0 aliphatic heterocycles. The van der Waals surface area contributed by atoms with Crippen LogP contribution >= 0.6 is 0 Å². The zero-order valence-electron chi connectivity index (χ0n) is 26.6. The smallest absolute Gasteiger partial charge is 0.166 e. The number of phenols is 2. The number of fused-ring (bicyclic) bond motifs is 4. The summed E-state index contributed by atoms with van der Waals surface area (Å²) in [6.07, 6.45) is 8.53. The molecular formula is C39H44O7. The molecule has 0 spiro atoms. The molecular weight excluding hydrogens is 580 g/mol. The van der Waals surface area contributed by atoms with Crippen molar-refractivity contribution in [2.75, 3.05) is 0 Å². The Labute approximate surface area is 270 Å². The van der Waals surface area contributed by atoms with Gasteiger partial charge in [-0.25, -0.2) is 0 Å². The monoisotopic (exact) mass is 624 g/mol. The SMILES string of the molecule is C.C/C=C/c1c(C)cc2c(CO)c3c(c(O)c2c1C)C(=O)CCC3.Cc1cc2c(CO)c3c(c(O)c2c(C)c1C=O)C(=O)CCC3. The minimum absolute atomic E-state index is 0. The van der Waals surface area contributed by atoms with Crippen LogP contribution in [-0.4, -0.2) is 38.3 Å². The fourth-order valence-corrected chi connectivity index (χ4v) is 7.47. The highest BCUT2D eigenvalue weighted by molar-refractivity contribution is 6.11. The number of Topliss-reactive ketones (excluding diaryl/α,β-unsaturated/α-hetero) is 2. The first kappa shape index (κ1) is 34.5. The molecule has 0 saturated heterocycles. The number of carbonyl (C=O) groups excluding carboxylic acids is 3. The third kappa shape index (κ3) is 5.41. The van der Waals surface area contributed by atoms with Gasteiger partial charge in [-0.1, -0.05) is 31.7 Å². The second kappa shape index (κ2) is 13.6. The van der Waals surface area contributed by atoms with Crippen LogP contribution in [0.4, 0.5) is 0 Å². The van der Waals surface area contributed by atoms with Crippen molar-refractivity contribution in [3.8, 4) is 11.5 Å². The predicted molar refractivity (Wildman–Crippen MR) is 183 cm³/mol. The molecule has 4 aromatic rings. The number of hydrogen-bond acceptors (Lipinski definition) is 7. The maximum absolute atomic E-state index is 12.4. The van der Waals surface area contributed by atoms with Gasteiger partial charge in [0.15, 0.2) is 17.9 Å². The van der Waals surface area contributed by atoms with Gasteiger partial charge in [-0.3, -0.25) is 14.4 Å². The van der Waals surface area contributed by atoms with E-state index in [1.807, 2.05) is 52.0 Å². The Bertz CT molecular complexity index is 1950. The molecule has 2 aliphatic rings. The molecule has 2 aliphatic carbocycles. The zero-order chi connectivity index (χ0) is 32.7. The van der Waals surface area contributed by atoms with Crippen LogP contribution in [0.15, 0.2) is 18.2 Å². The van der Waals surface area contributed by atoms with E-state index in [9.17, 15) is 34.8 Å². The van der Waals surface area contributed by atoms with E-state index in [4.69, 9.17) is 0 Å². The molecule has 0 amide bonds. The van der Waals surface area contributed by atoms with E-state index in [1.54, 1.807) is 6.92 Å². The lowest BCUT2D eigenvalue weighted by Gasteiger charge is -2.23. The number of aliphatic hydroxyl groups is 2. The average molecular weight is 625 g/mol. The summed E-state index contributed by atoms with van der Waals surface area (Å²) in [6, 6.07) is 3.83. The van der Waals surface area contributed by atoms with Crippen molar-refractivity contribution in [2.45, 2.75) is 93.8 Å². The van der Waals surface area contributed by atoms with Gasteiger partial charge in [-0.15, -0.1) is 0 Å². The number of carbonyl (C=O) groups is 3. The molecule has 7 nitrogen and oxygen atoms in total. The van der Waals surface area contributed by atoms with Gasteiger partial charge in [0.05, 0.1) is 24.3 Å². The van der Waals surface area contributed by atoms with E-state index in [2.05, 4.69) is 0 Å². The van der Waals surface area contributed by atoms with E-state index in [0.29, 0.717) is 57.9 Å². The summed E-state index contributed by atoms with van der Waals surface area (Å²) in [4.78, 5) is 35.9. The van der Waals surface area contributed by atoms with Crippen LogP contribution in [0.5, 0.6) is 11.5 Å². The molecule has 0 saturated carbocycles. The maximum Gasteiger partial charge on any atom is 0.166 e. The van der Waals surface area contributed by atoms with Crippen LogP contribution in [0.25, 0.3) is 27.6 Å². The molecule has 0 aromatic heterocycles. The highest BCUT2D eigenvalue weighted by Crippen LogP contribution is 2.44. The van der Waals surface area contributed by atoms with Gasteiger partial charge in [0.1, 0.15) is 11.5 Å². The quantitative estimate of drug-likeness (QED) is 0.170. The second-order valence-corrected chi connectivity index (χ2v) is 12.2. The molecule has 4 N–H and O–H groups in total. The first-order valence-electron chi connectivity index (χ1n) is 15.5. The standard InChI is InChI=1S/C20H22O3.C18H18O4.CH4/c1-4-6-13-11(2)9-15-16(10-21)14-7-5-8-17(22)19(14)20(23)18(15)12(13)3;1-9-6-12-14(8-20)11-4-3-5-15(21)17(11)18(22)16(12)10(2)13(9)7-19;/h4,6,9,21,23H,5,7-8,10H2,1-3H3;6-7,20,22H,3-5,8H2,1-2H3;1H4/b6-4+;;. The second-order valence-electron chi connectivity index (χ2n) is 12.2. The molecule has 6 rings (SSSR count). The van der Waals surface area contributed by atoms with Crippen molar-refractivity contribution < 1.29 is 34.8 Å². The Morgan fingerprint density at radius 1 is 0.696 bits per heavy atom. The van der Waals surface area contributed by atoms with Gasteiger partial charge in [-0.05, 0) is 121 Å². The number of aryl methyl sites for hydroxylation is 4. The van der Waals surface area contributed by atoms with Crippen molar-refractivity contribution in [1.29, 1.82) is 0 Å². The summed E-state index contributed by atoms with van der Waals surface area (Å²) < 4.78 is 0. The summed E-state index contributed by atoms with van der Waals surface area (Å²) >= 11 is 0. The molecule has 0 radical (unpaired) electrons. The van der Waals surface area contributed by atoms with Crippen LogP contribution in [-0.2, 0) is 26.1 Å².